The van der Waals surface area contributed by atoms with Crippen molar-refractivity contribution in [2.24, 2.45) is 0 Å². The lowest BCUT2D eigenvalue weighted by molar-refractivity contribution is -0.119. The van der Waals surface area contributed by atoms with Gasteiger partial charge >= 0.3 is 0 Å². The maximum atomic E-state index is 13.0. The Morgan fingerprint density at radius 3 is 2.97 bits per heavy atom. The Morgan fingerprint density at radius 2 is 2.13 bits per heavy atom. The zero-order valence-corrected chi connectivity index (χ0v) is 16.7. The van der Waals surface area contributed by atoms with Crippen molar-refractivity contribution in [3.8, 4) is 17.0 Å². The van der Waals surface area contributed by atoms with E-state index in [0.29, 0.717) is 11.6 Å². The largest absolute Gasteiger partial charge is 0.493 e. The first-order valence-corrected chi connectivity index (χ1v) is 10.4. The average Bonchev–Trinajstić information content (AvgIpc) is 3.53. The molecule has 9 heteroatoms. The minimum atomic E-state index is -0.577. The minimum absolute atomic E-state index is 0.214. The molecule has 0 bridgehead atoms. The van der Waals surface area contributed by atoms with E-state index >= 15 is 0 Å². The third-order valence-corrected chi connectivity index (χ3v) is 5.74. The number of carbonyl (C=O) groups is 1. The Bertz CT molecular complexity index is 1160. The summed E-state index contributed by atoms with van der Waals surface area (Å²) in [6.45, 7) is 0.719. The summed E-state index contributed by atoms with van der Waals surface area (Å²) in [4.78, 5) is 17.6. The highest BCUT2D eigenvalue weighted by Crippen LogP contribution is 2.32. The highest BCUT2D eigenvalue weighted by atomic mass is 32.1. The molecular weight excluding hydrogens is 400 g/mol. The molecule has 0 spiro atoms. The predicted molar refractivity (Wildman–Crippen MR) is 112 cm³/mol. The number of tetrazole rings is 1. The second kappa shape index (κ2) is 8.03. The van der Waals surface area contributed by atoms with Crippen LogP contribution in [-0.2, 0) is 17.6 Å². The molecule has 4 aromatic rings. The Hall–Kier alpha value is -3.59. The maximum Gasteiger partial charge on any atom is 0.251 e. The van der Waals surface area contributed by atoms with Gasteiger partial charge in [-0.2, -0.15) is 0 Å². The van der Waals surface area contributed by atoms with E-state index in [4.69, 9.17) is 4.74 Å². The Balaban J connectivity index is 1.34. The normalized spacial score (nSPS) is 13.5. The van der Waals surface area contributed by atoms with Gasteiger partial charge in [0.25, 0.3) is 5.91 Å². The topological polar surface area (TPSA) is 94.8 Å². The number of rotatable bonds is 6. The van der Waals surface area contributed by atoms with E-state index in [1.54, 1.807) is 0 Å². The molecule has 1 aliphatic rings. The molecule has 3 heterocycles. The quantitative estimate of drug-likeness (QED) is 0.517. The van der Waals surface area contributed by atoms with Crippen molar-refractivity contribution < 1.29 is 9.53 Å². The maximum absolute atomic E-state index is 13.0. The van der Waals surface area contributed by atoms with E-state index in [-0.39, 0.29) is 5.91 Å². The minimum Gasteiger partial charge on any atom is -0.493 e. The molecule has 2 aromatic carbocycles. The summed E-state index contributed by atoms with van der Waals surface area (Å²) in [5.74, 6) is 0.724. The fourth-order valence-corrected chi connectivity index (χ4v) is 4.18. The van der Waals surface area contributed by atoms with Crippen LogP contribution in [0.1, 0.15) is 17.2 Å². The number of hydrogen-bond donors (Lipinski definition) is 1. The second-order valence-corrected chi connectivity index (χ2v) is 7.80. The molecule has 0 fully saturated rings. The van der Waals surface area contributed by atoms with Gasteiger partial charge in [-0.05, 0) is 39.8 Å². The number of hydrogen-bond acceptors (Lipinski definition) is 7. The molecule has 0 saturated heterocycles. The molecule has 1 atom stereocenters. The van der Waals surface area contributed by atoms with Gasteiger partial charge in [-0.15, -0.1) is 16.4 Å². The first kappa shape index (κ1) is 18.4. The zero-order chi connectivity index (χ0) is 20.3. The summed E-state index contributed by atoms with van der Waals surface area (Å²) >= 11 is 1.39. The fraction of sp³-hybridized carbons (Fsp3) is 0.190. The second-order valence-electron chi connectivity index (χ2n) is 6.94. The van der Waals surface area contributed by atoms with Crippen molar-refractivity contribution in [2.45, 2.75) is 18.9 Å². The molecule has 0 aliphatic carbocycles. The van der Waals surface area contributed by atoms with Gasteiger partial charge in [0.1, 0.15) is 18.1 Å². The van der Waals surface area contributed by atoms with E-state index in [1.807, 2.05) is 47.8 Å². The van der Waals surface area contributed by atoms with Crippen molar-refractivity contribution in [2.75, 3.05) is 11.9 Å². The lowest BCUT2D eigenvalue weighted by Crippen LogP contribution is -2.28. The lowest BCUT2D eigenvalue weighted by atomic mass is 10.1. The third kappa shape index (κ3) is 3.79. The van der Waals surface area contributed by atoms with Crippen LogP contribution in [0, 0.1) is 0 Å². The number of anilines is 1. The summed E-state index contributed by atoms with van der Waals surface area (Å²) < 4.78 is 7.03. The zero-order valence-electron chi connectivity index (χ0n) is 15.9. The van der Waals surface area contributed by atoms with E-state index < -0.39 is 6.04 Å². The van der Waals surface area contributed by atoms with Crippen molar-refractivity contribution in [1.82, 2.24) is 25.2 Å². The van der Waals surface area contributed by atoms with Gasteiger partial charge < -0.3 is 10.1 Å². The third-order valence-electron chi connectivity index (χ3n) is 4.98. The smallest absolute Gasteiger partial charge is 0.251 e. The van der Waals surface area contributed by atoms with Crippen LogP contribution >= 0.6 is 11.3 Å². The van der Waals surface area contributed by atoms with Crippen LogP contribution in [0.3, 0.4) is 0 Å². The molecule has 2 aromatic heterocycles. The van der Waals surface area contributed by atoms with Gasteiger partial charge in [-0.1, -0.05) is 30.3 Å². The van der Waals surface area contributed by atoms with Gasteiger partial charge in [0, 0.05) is 23.8 Å². The van der Waals surface area contributed by atoms with Crippen molar-refractivity contribution in [3.63, 3.8) is 0 Å². The van der Waals surface area contributed by atoms with Crippen molar-refractivity contribution >= 4 is 22.4 Å². The van der Waals surface area contributed by atoms with Crippen LogP contribution < -0.4 is 10.1 Å². The number of benzene rings is 2. The number of nitrogens with one attached hydrogen (secondary N) is 1. The molecule has 5 rings (SSSR count). The molecule has 1 aliphatic heterocycles. The molecule has 0 unspecified atom stereocenters. The molecule has 1 N–H and O–H groups in total. The van der Waals surface area contributed by atoms with Crippen LogP contribution in [0.5, 0.6) is 5.75 Å². The molecular formula is C21H18N6O2S. The Kier molecular flexibility index (Phi) is 4.94. The monoisotopic (exact) mass is 418 g/mol. The van der Waals surface area contributed by atoms with Gasteiger partial charge in [0.2, 0.25) is 0 Å². The Morgan fingerprint density at radius 1 is 1.23 bits per heavy atom. The highest BCUT2D eigenvalue weighted by molar-refractivity contribution is 7.14. The molecule has 1 amide bonds. The molecule has 150 valence electrons. The van der Waals surface area contributed by atoms with Gasteiger partial charge in [0.15, 0.2) is 5.13 Å². The van der Waals surface area contributed by atoms with Crippen LogP contribution in [0.25, 0.3) is 11.3 Å². The number of thiazole rings is 1. The van der Waals surface area contributed by atoms with Gasteiger partial charge in [-0.25, -0.2) is 9.67 Å². The number of carbonyl (C=O) groups excluding carboxylic acids is 1. The first-order chi connectivity index (χ1) is 14.8. The number of ether oxygens (including phenoxy) is 1. The summed E-state index contributed by atoms with van der Waals surface area (Å²) in [5.41, 5.74) is 4.05. The van der Waals surface area contributed by atoms with Crippen molar-refractivity contribution in [1.29, 1.82) is 0 Å². The van der Waals surface area contributed by atoms with Gasteiger partial charge in [0.05, 0.1) is 12.3 Å². The molecule has 30 heavy (non-hydrogen) atoms. The van der Waals surface area contributed by atoms with Gasteiger partial charge in [-0.3, -0.25) is 4.79 Å². The standard InChI is InChI=1S/C21H18N6O2S/c28-20(18(27-13-22-25-26-27)10-14-4-2-1-3-5-14)24-21-23-17(12-30-21)15-6-7-19-16(11-15)8-9-29-19/h1-7,11-13,18H,8-10H2,(H,23,24,28)/t18-/m1/s1. The molecule has 0 radical (unpaired) electrons. The van der Waals surface area contributed by atoms with Crippen LogP contribution in [-0.4, -0.2) is 37.7 Å². The van der Waals surface area contributed by atoms with E-state index in [1.165, 1.54) is 27.9 Å². The van der Waals surface area contributed by atoms with E-state index in [0.717, 1.165) is 35.6 Å². The predicted octanol–water partition coefficient (Wildman–Crippen LogP) is 3.15. The summed E-state index contributed by atoms with van der Waals surface area (Å²) in [6.07, 6.45) is 2.83. The number of nitrogens with zero attached hydrogens (tertiary/aromatic N) is 5. The van der Waals surface area contributed by atoms with E-state index in [2.05, 4.69) is 31.9 Å². The average molecular weight is 418 g/mol. The van der Waals surface area contributed by atoms with Crippen molar-refractivity contribution in [3.05, 3.63) is 71.4 Å². The molecule has 0 saturated carbocycles. The SMILES string of the molecule is O=C(Nc1nc(-c2ccc3c(c2)CCO3)cs1)[C@@H](Cc1ccccc1)n1cnnn1. The lowest BCUT2D eigenvalue weighted by Gasteiger charge is -2.15. The number of aromatic nitrogens is 5. The van der Waals surface area contributed by atoms with Crippen LogP contribution in [0.4, 0.5) is 5.13 Å². The van der Waals surface area contributed by atoms with Crippen LogP contribution in [0.2, 0.25) is 0 Å². The fourth-order valence-electron chi connectivity index (χ4n) is 3.45. The molecule has 8 nitrogen and oxygen atoms in total. The summed E-state index contributed by atoms with van der Waals surface area (Å²) in [7, 11) is 0. The van der Waals surface area contributed by atoms with Crippen LogP contribution in [0.15, 0.2) is 60.2 Å². The summed E-state index contributed by atoms with van der Waals surface area (Å²) in [5, 5.41) is 16.7. The first-order valence-electron chi connectivity index (χ1n) is 9.55. The Labute approximate surface area is 176 Å². The van der Waals surface area contributed by atoms with E-state index in [9.17, 15) is 4.79 Å². The number of amides is 1. The highest BCUT2D eigenvalue weighted by Gasteiger charge is 2.23. The number of fused-ring (bicyclic) bond motifs is 1. The summed E-state index contributed by atoms with van der Waals surface area (Å²) in [6, 6.07) is 15.3.